The molecule has 1 saturated heterocycles. The number of halogens is 1. The Morgan fingerprint density at radius 1 is 0.857 bits per heavy atom. The first-order valence-corrected chi connectivity index (χ1v) is 13.0. The minimum Gasteiger partial charge on any atom is -0.489 e. The zero-order valence-corrected chi connectivity index (χ0v) is 22.6. The minimum atomic E-state index is -0.887. The Morgan fingerprint density at radius 2 is 1.60 bits per heavy atom. The number of barbiturate groups is 1. The van der Waals surface area contributed by atoms with Gasteiger partial charge in [0, 0.05) is 28.3 Å². The highest BCUT2D eigenvalue weighted by molar-refractivity contribution is 6.39. The number of carbonyl (C=O) groups excluding carboxylic acids is 3. The van der Waals surface area contributed by atoms with Gasteiger partial charge in [-0.3, -0.25) is 25.0 Å². The molecule has 0 saturated carbocycles. The van der Waals surface area contributed by atoms with Gasteiger partial charge in [0.15, 0.2) is 0 Å². The van der Waals surface area contributed by atoms with Crippen LogP contribution in [0.5, 0.6) is 11.5 Å². The van der Waals surface area contributed by atoms with E-state index in [0.717, 1.165) is 10.5 Å². The summed E-state index contributed by atoms with van der Waals surface area (Å²) in [5.41, 5.74) is 1.65. The maximum atomic E-state index is 13.4. The molecule has 1 aliphatic heterocycles. The number of non-ortho nitro benzene ring substituents is 1. The van der Waals surface area contributed by atoms with Gasteiger partial charge in [0.2, 0.25) is 0 Å². The maximum absolute atomic E-state index is 13.4. The number of hydrogen-bond donors (Lipinski definition) is 1. The molecule has 0 atom stereocenters. The zero-order valence-electron chi connectivity index (χ0n) is 21.9. The number of para-hydroxylation sites is 1. The number of carbonyl (C=O) groups is 3. The van der Waals surface area contributed by atoms with Crippen LogP contribution >= 0.6 is 11.6 Å². The molecule has 0 unspecified atom stereocenters. The average molecular weight is 584 g/mol. The first-order valence-electron chi connectivity index (χ1n) is 12.6. The summed E-state index contributed by atoms with van der Waals surface area (Å²) < 4.78 is 11.6. The lowest BCUT2D eigenvalue weighted by Crippen LogP contribution is -2.54. The van der Waals surface area contributed by atoms with Crippen LogP contribution in [0.25, 0.3) is 6.08 Å². The van der Waals surface area contributed by atoms with E-state index in [4.69, 9.17) is 21.1 Å². The van der Waals surface area contributed by atoms with Gasteiger partial charge >= 0.3 is 6.03 Å². The van der Waals surface area contributed by atoms with Crippen molar-refractivity contribution in [2.45, 2.75) is 13.2 Å². The Balaban J connectivity index is 1.33. The number of nitro benzene ring substituents is 1. The van der Waals surface area contributed by atoms with Gasteiger partial charge in [0.1, 0.15) is 30.3 Å². The smallest absolute Gasteiger partial charge is 0.335 e. The second kappa shape index (κ2) is 12.4. The van der Waals surface area contributed by atoms with Gasteiger partial charge in [-0.2, -0.15) is 0 Å². The van der Waals surface area contributed by atoms with Gasteiger partial charge in [-0.1, -0.05) is 60.1 Å². The van der Waals surface area contributed by atoms with Crippen molar-refractivity contribution >= 4 is 46.9 Å². The van der Waals surface area contributed by atoms with Gasteiger partial charge in [-0.25, -0.2) is 9.69 Å². The van der Waals surface area contributed by atoms with E-state index in [9.17, 15) is 24.5 Å². The second-order valence-corrected chi connectivity index (χ2v) is 9.49. The monoisotopic (exact) mass is 583 g/mol. The largest absolute Gasteiger partial charge is 0.489 e. The number of rotatable bonds is 9. The SMILES string of the molecule is O=C1NC(=O)N(c2ccc(OCc3ccccc3Cl)cc2)C(=O)/C1=C/c1ccccc1OCc1cccc([N+](=O)[O-])c1. The van der Waals surface area contributed by atoms with Crippen LogP contribution in [0.3, 0.4) is 0 Å². The molecule has 1 fully saturated rings. The molecule has 4 aromatic carbocycles. The molecule has 1 heterocycles. The Kier molecular flexibility index (Phi) is 8.26. The first kappa shape index (κ1) is 28.1. The number of ether oxygens (including phenoxy) is 2. The minimum absolute atomic E-state index is 0.0114. The Hall–Kier alpha value is -5.48. The van der Waals surface area contributed by atoms with Crippen molar-refractivity contribution < 1.29 is 28.8 Å². The number of imide groups is 2. The number of anilines is 1. The topological polar surface area (TPSA) is 128 Å². The van der Waals surface area contributed by atoms with Gasteiger partial charge in [0.05, 0.1) is 10.6 Å². The lowest BCUT2D eigenvalue weighted by molar-refractivity contribution is -0.384. The fourth-order valence-corrected chi connectivity index (χ4v) is 4.36. The Bertz CT molecular complexity index is 1720. The summed E-state index contributed by atoms with van der Waals surface area (Å²) in [6, 6.07) is 25.3. The summed E-state index contributed by atoms with van der Waals surface area (Å²) >= 11 is 6.17. The van der Waals surface area contributed by atoms with E-state index < -0.39 is 22.8 Å². The highest BCUT2D eigenvalue weighted by Gasteiger charge is 2.37. The molecule has 0 aromatic heterocycles. The van der Waals surface area contributed by atoms with Crippen LogP contribution in [0.1, 0.15) is 16.7 Å². The van der Waals surface area contributed by atoms with Crippen molar-refractivity contribution in [2.24, 2.45) is 0 Å². The van der Waals surface area contributed by atoms with Crippen LogP contribution in [0.2, 0.25) is 5.02 Å². The van der Waals surface area contributed by atoms with E-state index in [-0.39, 0.29) is 30.2 Å². The predicted octanol–water partition coefficient (Wildman–Crippen LogP) is 6.07. The molecule has 210 valence electrons. The van der Waals surface area contributed by atoms with Gasteiger partial charge < -0.3 is 9.47 Å². The summed E-state index contributed by atoms with van der Waals surface area (Å²) in [6.07, 6.45) is 1.33. The maximum Gasteiger partial charge on any atom is 0.335 e. The highest BCUT2D eigenvalue weighted by atomic mass is 35.5. The number of nitro groups is 1. The molecule has 0 spiro atoms. The molecule has 1 aliphatic rings. The molecule has 10 nitrogen and oxygen atoms in total. The zero-order chi connectivity index (χ0) is 29.6. The van der Waals surface area contributed by atoms with E-state index in [0.29, 0.717) is 27.6 Å². The lowest BCUT2D eigenvalue weighted by atomic mass is 10.1. The van der Waals surface area contributed by atoms with Crippen molar-refractivity contribution in [3.63, 3.8) is 0 Å². The third-order valence-electron chi connectivity index (χ3n) is 6.28. The van der Waals surface area contributed by atoms with Gasteiger partial charge in [0.25, 0.3) is 17.5 Å². The van der Waals surface area contributed by atoms with E-state index in [2.05, 4.69) is 5.32 Å². The molecular weight excluding hydrogens is 562 g/mol. The van der Waals surface area contributed by atoms with Crippen LogP contribution < -0.4 is 19.7 Å². The number of urea groups is 1. The van der Waals surface area contributed by atoms with Crippen LogP contribution in [0, 0.1) is 10.1 Å². The Labute approximate surface area is 244 Å². The van der Waals surface area contributed by atoms with Crippen LogP contribution in [0.15, 0.2) is 103 Å². The number of nitrogens with zero attached hydrogens (tertiary/aromatic N) is 2. The third-order valence-corrected chi connectivity index (χ3v) is 6.65. The molecule has 0 bridgehead atoms. The highest BCUT2D eigenvalue weighted by Crippen LogP contribution is 2.28. The standard InChI is InChI=1S/C31H22ClN3O7/c32-27-10-3-1-8-22(27)19-41-25-14-12-23(13-15-25)34-30(37)26(29(36)33-31(34)38)17-21-7-2-4-11-28(21)42-18-20-6-5-9-24(16-20)35(39)40/h1-17H,18-19H2,(H,33,36,38)/b26-17+. The van der Waals surface area contributed by atoms with Crippen molar-refractivity contribution in [1.82, 2.24) is 5.32 Å². The fourth-order valence-electron chi connectivity index (χ4n) is 4.17. The molecule has 1 N–H and O–H groups in total. The van der Waals surface area contributed by atoms with Crippen LogP contribution in [0.4, 0.5) is 16.2 Å². The van der Waals surface area contributed by atoms with E-state index in [1.807, 2.05) is 18.2 Å². The number of amides is 4. The molecule has 5 rings (SSSR count). The normalized spacial score (nSPS) is 14.1. The van der Waals surface area contributed by atoms with Gasteiger partial charge in [-0.15, -0.1) is 0 Å². The summed E-state index contributed by atoms with van der Waals surface area (Å²) in [6.45, 7) is 0.240. The van der Waals surface area contributed by atoms with E-state index >= 15 is 0 Å². The van der Waals surface area contributed by atoms with E-state index in [1.165, 1.54) is 30.3 Å². The van der Waals surface area contributed by atoms with E-state index in [1.54, 1.807) is 54.6 Å². The van der Waals surface area contributed by atoms with Crippen molar-refractivity contribution in [1.29, 1.82) is 0 Å². The summed E-state index contributed by atoms with van der Waals surface area (Å²) in [5, 5.41) is 13.8. The lowest BCUT2D eigenvalue weighted by Gasteiger charge is -2.26. The molecule has 42 heavy (non-hydrogen) atoms. The molecule has 0 radical (unpaired) electrons. The Morgan fingerprint density at radius 3 is 2.36 bits per heavy atom. The number of nitrogens with one attached hydrogen (secondary N) is 1. The third kappa shape index (κ3) is 6.29. The fraction of sp³-hybridized carbons (Fsp3) is 0.0645. The first-order chi connectivity index (χ1) is 20.3. The average Bonchev–Trinajstić information content (AvgIpc) is 2.99. The molecule has 4 aromatic rings. The van der Waals surface area contributed by atoms with Crippen LogP contribution in [-0.4, -0.2) is 22.8 Å². The van der Waals surface area contributed by atoms with Gasteiger partial charge in [-0.05, 0) is 48.0 Å². The molecular formula is C31H22ClN3O7. The summed E-state index contributed by atoms with van der Waals surface area (Å²) in [4.78, 5) is 50.2. The quantitative estimate of drug-likeness (QED) is 0.110. The predicted molar refractivity (Wildman–Crippen MR) is 155 cm³/mol. The molecule has 0 aliphatic carbocycles. The summed E-state index contributed by atoms with van der Waals surface area (Å²) in [7, 11) is 0. The molecule has 4 amide bonds. The number of hydrogen-bond acceptors (Lipinski definition) is 7. The van der Waals surface area contributed by atoms with Crippen LogP contribution in [-0.2, 0) is 22.8 Å². The summed E-state index contributed by atoms with van der Waals surface area (Å²) in [5.74, 6) is -0.845. The van der Waals surface area contributed by atoms with Crippen molar-refractivity contribution in [2.75, 3.05) is 4.90 Å². The van der Waals surface area contributed by atoms with Crippen molar-refractivity contribution in [3.8, 4) is 11.5 Å². The van der Waals surface area contributed by atoms with Crippen molar-refractivity contribution in [3.05, 3.63) is 134 Å². The molecule has 11 heteroatoms. The second-order valence-electron chi connectivity index (χ2n) is 9.09. The number of benzene rings is 4.